The molecule has 31 heavy (non-hydrogen) atoms. The molecule has 1 saturated heterocycles. The zero-order valence-electron chi connectivity index (χ0n) is 17.8. The molecule has 8 heteroatoms. The van der Waals surface area contributed by atoms with Gasteiger partial charge >= 0.3 is 0 Å². The minimum Gasteiger partial charge on any atom is -0.431 e. The molecule has 0 aliphatic carbocycles. The minimum atomic E-state index is -0.102. The smallest absolute Gasteiger partial charge is 0.297 e. The van der Waals surface area contributed by atoms with Gasteiger partial charge in [0, 0.05) is 55.2 Å². The zero-order valence-corrected chi connectivity index (χ0v) is 17.8. The highest BCUT2D eigenvalue weighted by atomic mass is 16.4. The van der Waals surface area contributed by atoms with E-state index in [2.05, 4.69) is 46.2 Å². The summed E-state index contributed by atoms with van der Waals surface area (Å²) >= 11 is 0. The Kier molecular flexibility index (Phi) is 4.78. The van der Waals surface area contributed by atoms with Crippen LogP contribution in [0.5, 0.6) is 0 Å². The summed E-state index contributed by atoms with van der Waals surface area (Å²) in [5, 5.41) is 6.30. The maximum Gasteiger partial charge on any atom is 0.297 e. The number of aryl methyl sites for hydroxylation is 1. The molecule has 4 heterocycles. The van der Waals surface area contributed by atoms with Crippen LogP contribution >= 0.6 is 0 Å². The first kappa shape index (κ1) is 19.4. The van der Waals surface area contributed by atoms with Crippen LogP contribution in [0.25, 0.3) is 21.9 Å². The number of ketones is 1. The Bertz CT molecular complexity index is 1250. The molecule has 0 unspecified atom stereocenters. The predicted octanol–water partition coefficient (Wildman–Crippen LogP) is 2.80. The highest BCUT2D eigenvalue weighted by Gasteiger charge is 2.31. The van der Waals surface area contributed by atoms with Gasteiger partial charge in [-0.15, -0.1) is 0 Å². The topological polar surface area (TPSA) is 80.3 Å². The fraction of sp³-hybridized carbons (Fsp3) is 0.304. The van der Waals surface area contributed by atoms with Crippen LogP contribution in [0, 0.1) is 0 Å². The van der Waals surface area contributed by atoms with Crippen molar-refractivity contribution in [3.63, 3.8) is 0 Å². The van der Waals surface area contributed by atoms with Crippen LogP contribution in [0.2, 0.25) is 0 Å². The fourth-order valence-corrected chi connectivity index (χ4v) is 3.76. The lowest BCUT2D eigenvalue weighted by Gasteiger charge is -2.41. The molecule has 1 aromatic carbocycles. The van der Waals surface area contributed by atoms with E-state index in [0.29, 0.717) is 23.4 Å². The van der Waals surface area contributed by atoms with Crippen LogP contribution in [0.3, 0.4) is 0 Å². The number of carbonyl (C=O) groups excluding carboxylic acids is 1. The van der Waals surface area contributed by atoms with Gasteiger partial charge in [0.25, 0.3) is 6.01 Å². The molecule has 0 atom stereocenters. The lowest BCUT2D eigenvalue weighted by atomic mass is 10.0. The molecule has 1 aliphatic rings. The third kappa shape index (κ3) is 3.82. The van der Waals surface area contributed by atoms with Crippen LogP contribution in [0.4, 0.5) is 6.01 Å². The molecule has 0 amide bonds. The van der Waals surface area contributed by atoms with Crippen molar-refractivity contribution in [2.45, 2.75) is 12.5 Å². The van der Waals surface area contributed by atoms with Gasteiger partial charge in [0.2, 0.25) is 0 Å². The Morgan fingerprint density at radius 3 is 2.74 bits per heavy atom. The maximum absolute atomic E-state index is 12.8. The van der Waals surface area contributed by atoms with Crippen LogP contribution in [0.1, 0.15) is 16.2 Å². The molecule has 5 rings (SSSR count). The Morgan fingerprint density at radius 1 is 1.16 bits per heavy atom. The van der Waals surface area contributed by atoms with Gasteiger partial charge in [0.05, 0.1) is 12.6 Å². The number of likely N-dealkylation sites (N-methyl/N-ethyl adjacent to an activating group) is 1. The number of pyridine rings is 1. The monoisotopic (exact) mass is 416 g/mol. The molecule has 4 aromatic rings. The van der Waals surface area contributed by atoms with Crippen molar-refractivity contribution < 1.29 is 9.21 Å². The number of nitrogens with zero attached hydrogens (tertiary/aromatic N) is 6. The highest BCUT2D eigenvalue weighted by Crippen LogP contribution is 2.25. The van der Waals surface area contributed by atoms with Gasteiger partial charge < -0.3 is 14.2 Å². The fourth-order valence-electron chi connectivity index (χ4n) is 3.76. The second kappa shape index (κ2) is 7.63. The number of fused-ring (bicyclic) bond motifs is 1. The van der Waals surface area contributed by atoms with Crippen molar-refractivity contribution in [1.82, 2.24) is 24.6 Å². The van der Waals surface area contributed by atoms with Crippen LogP contribution < -0.4 is 4.90 Å². The number of Topliss-reactive ketones (excluding diaryl/α,β-unsaturated/α-hetero) is 1. The molecule has 3 aromatic heterocycles. The quantitative estimate of drug-likeness (QED) is 0.447. The summed E-state index contributed by atoms with van der Waals surface area (Å²) in [5.41, 5.74) is 3.18. The van der Waals surface area contributed by atoms with E-state index in [9.17, 15) is 4.79 Å². The van der Waals surface area contributed by atoms with Gasteiger partial charge in [-0.3, -0.25) is 14.5 Å². The number of aromatic nitrogens is 4. The number of anilines is 1. The van der Waals surface area contributed by atoms with Crippen LogP contribution in [-0.2, 0) is 13.5 Å². The first-order valence-corrected chi connectivity index (χ1v) is 10.2. The van der Waals surface area contributed by atoms with Crippen molar-refractivity contribution in [2.24, 2.45) is 7.05 Å². The number of oxazole rings is 1. The van der Waals surface area contributed by atoms with E-state index in [-0.39, 0.29) is 12.2 Å². The predicted molar refractivity (Wildman–Crippen MR) is 118 cm³/mol. The van der Waals surface area contributed by atoms with Gasteiger partial charge in [0.1, 0.15) is 12.0 Å². The van der Waals surface area contributed by atoms with E-state index in [1.807, 2.05) is 36.5 Å². The standard InChI is InChI=1S/C23H24N6O2/c1-27(2)20-12-29(13-20)23-26-21(14-31-23)22(30)8-19-7-17-6-15(4-5-16(17)9-24-19)18-10-25-28(3)11-18/h4-7,9-11,14,20H,8,12-13H2,1-3H3. The first-order chi connectivity index (χ1) is 15.0. The molecular formula is C23H24N6O2. The molecule has 0 saturated carbocycles. The second-order valence-electron chi connectivity index (χ2n) is 8.28. The number of hydrogen-bond donors (Lipinski definition) is 0. The number of hydrogen-bond acceptors (Lipinski definition) is 7. The average molecular weight is 416 g/mol. The third-order valence-electron chi connectivity index (χ3n) is 5.80. The molecule has 158 valence electrons. The Labute approximate surface area is 180 Å². The highest BCUT2D eigenvalue weighted by molar-refractivity contribution is 5.96. The van der Waals surface area contributed by atoms with E-state index in [4.69, 9.17) is 4.42 Å². The van der Waals surface area contributed by atoms with E-state index < -0.39 is 0 Å². The Morgan fingerprint density at radius 2 is 2.00 bits per heavy atom. The van der Waals surface area contributed by atoms with Crippen molar-refractivity contribution in [2.75, 3.05) is 32.1 Å². The molecule has 0 spiro atoms. The lowest BCUT2D eigenvalue weighted by molar-refractivity contribution is 0.0987. The van der Waals surface area contributed by atoms with Crippen LogP contribution in [0.15, 0.2) is 53.5 Å². The van der Waals surface area contributed by atoms with E-state index in [0.717, 1.165) is 35.0 Å². The molecule has 1 fully saturated rings. The number of rotatable bonds is 6. The van der Waals surface area contributed by atoms with Gasteiger partial charge in [-0.05, 0) is 37.2 Å². The molecule has 0 bridgehead atoms. The minimum absolute atomic E-state index is 0.102. The van der Waals surface area contributed by atoms with Gasteiger partial charge in [-0.1, -0.05) is 12.1 Å². The summed E-state index contributed by atoms with van der Waals surface area (Å²) in [7, 11) is 6.02. The third-order valence-corrected chi connectivity index (χ3v) is 5.80. The van der Waals surface area contributed by atoms with Gasteiger partial charge in [-0.2, -0.15) is 10.1 Å². The summed E-state index contributed by atoms with van der Waals surface area (Å²) in [4.78, 5) is 25.8. The zero-order chi connectivity index (χ0) is 21.5. The first-order valence-electron chi connectivity index (χ1n) is 10.2. The summed E-state index contributed by atoms with van der Waals surface area (Å²) in [6, 6.07) is 9.15. The summed E-state index contributed by atoms with van der Waals surface area (Å²) < 4.78 is 7.32. The molecule has 0 radical (unpaired) electrons. The molecular weight excluding hydrogens is 392 g/mol. The maximum atomic E-state index is 12.8. The summed E-state index contributed by atoms with van der Waals surface area (Å²) in [6.45, 7) is 1.71. The normalized spacial score (nSPS) is 14.4. The van der Waals surface area contributed by atoms with Crippen molar-refractivity contribution >= 4 is 22.6 Å². The van der Waals surface area contributed by atoms with Crippen molar-refractivity contribution in [3.05, 3.63) is 60.5 Å². The second-order valence-corrected chi connectivity index (χ2v) is 8.28. The van der Waals surface area contributed by atoms with E-state index in [1.165, 1.54) is 6.26 Å². The molecule has 0 N–H and O–H groups in total. The van der Waals surface area contributed by atoms with Crippen molar-refractivity contribution in [1.29, 1.82) is 0 Å². The SMILES string of the molecule is CN(C)C1CN(c2nc(C(=O)Cc3cc4cc(-c5cnn(C)c5)ccc4cn3)co2)C1. The van der Waals surface area contributed by atoms with Gasteiger partial charge in [0.15, 0.2) is 5.78 Å². The number of carbonyl (C=O) groups is 1. The largest absolute Gasteiger partial charge is 0.431 e. The Balaban J connectivity index is 1.31. The molecule has 8 nitrogen and oxygen atoms in total. The van der Waals surface area contributed by atoms with Crippen LogP contribution in [-0.4, -0.2) is 63.7 Å². The Hall–Kier alpha value is -3.52. The van der Waals surface area contributed by atoms with Crippen molar-refractivity contribution in [3.8, 4) is 11.1 Å². The summed E-state index contributed by atoms with van der Waals surface area (Å²) in [5.74, 6) is -0.102. The number of benzene rings is 1. The average Bonchev–Trinajstić information content (AvgIpc) is 3.35. The molecule has 1 aliphatic heterocycles. The van der Waals surface area contributed by atoms with E-state index >= 15 is 0 Å². The lowest BCUT2D eigenvalue weighted by Crippen LogP contribution is -2.57. The summed E-state index contributed by atoms with van der Waals surface area (Å²) in [6.07, 6.45) is 7.25. The van der Waals surface area contributed by atoms with Gasteiger partial charge in [-0.25, -0.2) is 0 Å². The van der Waals surface area contributed by atoms with E-state index in [1.54, 1.807) is 10.9 Å².